The number of urea groups is 1. The molecule has 2 amide bonds. The average molecular weight is 280 g/mol. The summed E-state index contributed by atoms with van der Waals surface area (Å²) in [5, 5.41) is 30.0. The summed E-state index contributed by atoms with van der Waals surface area (Å²) in [6.45, 7) is 0.409. The van der Waals surface area contributed by atoms with Gasteiger partial charge in [-0.2, -0.15) is 0 Å². The van der Waals surface area contributed by atoms with Crippen molar-refractivity contribution in [3.63, 3.8) is 0 Å². The SMILES string of the molecule is O=C(O)c1cc(O)ccc1NC(=O)N1CCCC1CO. The molecule has 7 nitrogen and oxygen atoms in total. The zero-order valence-electron chi connectivity index (χ0n) is 10.7. The lowest BCUT2D eigenvalue weighted by Gasteiger charge is -2.23. The Morgan fingerprint density at radius 2 is 2.15 bits per heavy atom. The van der Waals surface area contributed by atoms with Crippen LogP contribution in [0.3, 0.4) is 0 Å². The fraction of sp³-hybridized carbons (Fsp3) is 0.385. The number of anilines is 1. The molecule has 1 aromatic carbocycles. The Balaban J connectivity index is 2.17. The second-order valence-corrected chi connectivity index (χ2v) is 4.64. The molecule has 7 heteroatoms. The normalized spacial score (nSPS) is 18.1. The van der Waals surface area contributed by atoms with Crippen LogP contribution in [0.5, 0.6) is 5.75 Å². The van der Waals surface area contributed by atoms with E-state index in [9.17, 15) is 19.8 Å². The van der Waals surface area contributed by atoms with Crippen molar-refractivity contribution in [3.05, 3.63) is 23.8 Å². The van der Waals surface area contributed by atoms with Crippen LogP contribution in [0, 0.1) is 0 Å². The number of carbonyl (C=O) groups is 2. The van der Waals surface area contributed by atoms with Gasteiger partial charge in [-0.15, -0.1) is 0 Å². The maximum Gasteiger partial charge on any atom is 0.337 e. The number of benzene rings is 1. The topological polar surface area (TPSA) is 110 Å². The van der Waals surface area contributed by atoms with E-state index in [1.807, 2.05) is 0 Å². The second kappa shape index (κ2) is 5.79. The molecule has 0 radical (unpaired) electrons. The first-order chi connectivity index (χ1) is 9.52. The van der Waals surface area contributed by atoms with Gasteiger partial charge < -0.3 is 25.5 Å². The Bertz CT molecular complexity index is 531. The Labute approximate surface area is 115 Å². The minimum atomic E-state index is -1.24. The molecule has 1 aromatic rings. The van der Waals surface area contributed by atoms with Crippen LogP contribution in [-0.4, -0.2) is 51.4 Å². The molecule has 0 aliphatic carbocycles. The number of aromatic hydroxyl groups is 1. The fourth-order valence-electron chi connectivity index (χ4n) is 2.30. The number of rotatable bonds is 3. The molecular formula is C13H16N2O5. The summed E-state index contributed by atoms with van der Waals surface area (Å²) in [6, 6.07) is 3.02. The van der Waals surface area contributed by atoms with Gasteiger partial charge in [-0.05, 0) is 31.0 Å². The predicted molar refractivity (Wildman–Crippen MR) is 70.9 cm³/mol. The van der Waals surface area contributed by atoms with Gasteiger partial charge in [0.15, 0.2) is 0 Å². The lowest BCUT2D eigenvalue weighted by Crippen LogP contribution is -2.40. The van der Waals surface area contributed by atoms with Gasteiger partial charge >= 0.3 is 12.0 Å². The van der Waals surface area contributed by atoms with Gasteiger partial charge in [0.1, 0.15) is 5.75 Å². The van der Waals surface area contributed by atoms with E-state index in [2.05, 4.69) is 5.32 Å². The van der Waals surface area contributed by atoms with E-state index in [1.165, 1.54) is 17.0 Å². The molecule has 1 atom stereocenters. The van der Waals surface area contributed by atoms with E-state index in [0.717, 1.165) is 18.9 Å². The summed E-state index contributed by atoms with van der Waals surface area (Å²) in [7, 11) is 0. The van der Waals surface area contributed by atoms with E-state index in [4.69, 9.17) is 5.11 Å². The molecule has 20 heavy (non-hydrogen) atoms. The van der Waals surface area contributed by atoms with Gasteiger partial charge in [-0.25, -0.2) is 9.59 Å². The number of likely N-dealkylation sites (tertiary alicyclic amines) is 1. The molecular weight excluding hydrogens is 264 g/mol. The Kier molecular flexibility index (Phi) is 4.09. The summed E-state index contributed by atoms with van der Waals surface area (Å²) in [5.74, 6) is -1.42. The van der Waals surface area contributed by atoms with Gasteiger partial charge in [-0.3, -0.25) is 0 Å². The van der Waals surface area contributed by atoms with E-state index < -0.39 is 12.0 Å². The van der Waals surface area contributed by atoms with Crippen molar-refractivity contribution in [2.45, 2.75) is 18.9 Å². The molecule has 1 fully saturated rings. The number of amides is 2. The number of aliphatic hydroxyl groups excluding tert-OH is 1. The van der Waals surface area contributed by atoms with Crippen molar-refractivity contribution in [2.24, 2.45) is 0 Å². The van der Waals surface area contributed by atoms with Crippen LogP contribution in [0.25, 0.3) is 0 Å². The molecule has 0 spiro atoms. The van der Waals surface area contributed by atoms with Crippen molar-refractivity contribution in [2.75, 3.05) is 18.5 Å². The monoisotopic (exact) mass is 280 g/mol. The van der Waals surface area contributed by atoms with Crippen LogP contribution >= 0.6 is 0 Å². The number of nitrogens with one attached hydrogen (secondary N) is 1. The summed E-state index contributed by atoms with van der Waals surface area (Å²) < 4.78 is 0. The van der Waals surface area contributed by atoms with E-state index >= 15 is 0 Å². The zero-order valence-corrected chi connectivity index (χ0v) is 10.7. The summed E-state index contributed by atoms with van der Waals surface area (Å²) >= 11 is 0. The number of carboxylic acids is 1. The third-order valence-corrected chi connectivity index (χ3v) is 3.32. The number of phenolic OH excluding ortho intramolecular Hbond substituents is 1. The van der Waals surface area contributed by atoms with Crippen LogP contribution in [0.4, 0.5) is 10.5 Å². The third-order valence-electron chi connectivity index (χ3n) is 3.32. The van der Waals surface area contributed by atoms with Crippen LogP contribution in [0.1, 0.15) is 23.2 Å². The first-order valence-corrected chi connectivity index (χ1v) is 6.27. The highest BCUT2D eigenvalue weighted by molar-refractivity contribution is 6.00. The van der Waals surface area contributed by atoms with Crippen molar-refractivity contribution in [3.8, 4) is 5.75 Å². The second-order valence-electron chi connectivity index (χ2n) is 4.64. The first-order valence-electron chi connectivity index (χ1n) is 6.27. The molecule has 1 aliphatic rings. The van der Waals surface area contributed by atoms with Gasteiger partial charge in [-0.1, -0.05) is 0 Å². The minimum Gasteiger partial charge on any atom is -0.508 e. The molecule has 108 valence electrons. The standard InChI is InChI=1S/C13H16N2O5/c16-7-8-2-1-5-15(8)13(20)14-11-4-3-9(17)6-10(11)12(18)19/h3-4,6,8,16-17H,1-2,5,7H2,(H,14,20)(H,18,19). The molecule has 0 aromatic heterocycles. The van der Waals surface area contributed by atoms with Crippen LogP contribution in [0.2, 0.25) is 0 Å². The Morgan fingerprint density at radius 1 is 1.40 bits per heavy atom. The lowest BCUT2D eigenvalue weighted by molar-refractivity contribution is 0.0697. The number of phenols is 1. The summed E-state index contributed by atoms with van der Waals surface area (Å²) in [5.41, 5.74) is -0.0676. The quantitative estimate of drug-likeness (QED) is 0.619. The smallest absolute Gasteiger partial charge is 0.337 e. The fourth-order valence-corrected chi connectivity index (χ4v) is 2.30. The highest BCUT2D eigenvalue weighted by atomic mass is 16.4. The molecule has 1 heterocycles. The highest BCUT2D eigenvalue weighted by Crippen LogP contribution is 2.23. The van der Waals surface area contributed by atoms with Crippen LogP contribution in [0.15, 0.2) is 18.2 Å². The molecule has 1 saturated heterocycles. The average Bonchev–Trinajstić information content (AvgIpc) is 2.89. The van der Waals surface area contributed by atoms with E-state index in [1.54, 1.807) is 0 Å². The number of aromatic carboxylic acids is 1. The molecule has 4 N–H and O–H groups in total. The molecule has 0 saturated carbocycles. The summed E-state index contributed by atoms with van der Waals surface area (Å²) in [4.78, 5) is 24.7. The van der Waals surface area contributed by atoms with Crippen molar-refractivity contribution < 1.29 is 24.9 Å². The first kappa shape index (κ1) is 14.1. The molecule has 1 aliphatic heterocycles. The third kappa shape index (κ3) is 2.83. The van der Waals surface area contributed by atoms with Gasteiger partial charge in [0.05, 0.1) is 23.9 Å². The van der Waals surface area contributed by atoms with E-state index in [-0.39, 0.29) is 29.6 Å². The van der Waals surface area contributed by atoms with Crippen molar-refractivity contribution in [1.29, 1.82) is 0 Å². The Hall–Kier alpha value is -2.28. The highest BCUT2D eigenvalue weighted by Gasteiger charge is 2.28. The zero-order chi connectivity index (χ0) is 14.7. The Morgan fingerprint density at radius 3 is 2.80 bits per heavy atom. The number of hydrogen-bond acceptors (Lipinski definition) is 4. The molecule has 0 bridgehead atoms. The lowest BCUT2D eigenvalue weighted by atomic mass is 10.1. The van der Waals surface area contributed by atoms with Gasteiger partial charge in [0.2, 0.25) is 0 Å². The van der Waals surface area contributed by atoms with E-state index in [0.29, 0.717) is 6.54 Å². The maximum atomic E-state index is 12.1. The van der Waals surface area contributed by atoms with Gasteiger partial charge in [0, 0.05) is 6.54 Å². The van der Waals surface area contributed by atoms with Crippen molar-refractivity contribution >= 4 is 17.7 Å². The maximum absolute atomic E-state index is 12.1. The van der Waals surface area contributed by atoms with Crippen LogP contribution < -0.4 is 5.32 Å². The summed E-state index contributed by atoms with van der Waals surface area (Å²) in [6.07, 6.45) is 1.53. The number of carbonyl (C=O) groups excluding carboxylic acids is 1. The molecule has 2 rings (SSSR count). The van der Waals surface area contributed by atoms with Crippen LogP contribution in [-0.2, 0) is 0 Å². The largest absolute Gasteiger partial charge is 0.508 e. The number of aliphatic hydroxyl groups is 1. The number of hydrogen-bond donors (Lipinski definition) is 4. The molecule has 1 unspecified atom stereocenters. The minimum absolute atomic E-state index is 0.115. The number of nitrogens with zero attached hydrogens (tertiary/aromatic N) is 1. The van der Waals surface area contributed by atoms with Crippen molar-refractivity contribution in [1.82, 2.24) is 4.90 Å². The number of carboxylic acid groups (broad SMARTS) is 1. The van der Waals surface area contributed by atoms with Gasteiger partial charge in [0.25, 0.3) is 0 Å². The predicted octanol–water partition coefficient (Wildman–Crippen LogP) is 1.08.